The molecule has 0 aliphatic heterocycles. The lowest BCUT2D eigenvalue weighted by atomic mass is 9.98. The summed E-state index contributed by atoms with van der Waals surface area (Å²) in [4.78, 5) is 23.8. The lowest BCUT2D eigenvalue weighted by Gasteiger charge is -2.15. The van der Waals surface area contributed by atoms with Crippen LogP contribution in [0.5, 0.6) is 5.75 Å². The Balaban J connectivity index is 2.41. The van der Waals surface area contributed by atoms with Crippen molar-refractivity contribution in [1.82, 2.24) is 0 Å². The summed E-state index contributed by atoms with van der Waals surface area (Å²) in [6.07, 6.45) is -0.183. The third-order valence-corrected chi connectivity index (χ3v) is 3.80. The highest BCUT2D eigenvalue weighted by Crippen LogP contribution is 2.27. The molecule has 0 aliphatic carbocycles. The third-order valence-electron chi connectivity index (χ3n) is 3.80. The number of aromatic carboxylic acids is 1. The van der Waals surface area contributed by atoms with Crippen molar-refractivity contribution in [3.63, 3.8) is 0 Å². The predicted octanol–water partition coefficient (Wildman–Crippen LogP) is 3.31. The van der Waals surface area contributed by atoms with Crippen molar-refractivity contribution in [2.45, 2.75) is 13.0 Å². The van der Waals surface area contributed by atoms with E-state index >= 15 is 0 Å². The standard InChI is InChI=1S/C19H20O6/c1-12(24-3)15-8-9-17(25-11-23-2)16(10-15)18(20)13-4-6-14(7-5-13)19(21)22/h4-10,12H,11H2,1-3H3,(H,21,22). The van der Waals surface area contributed by atoms with Crippen molar-refractivity contribution >= 4 is 11.8 Å². The number of rotatable bonds is 8. The molecule has 0 amide bonds. The third kappa shape index (κ3) is 4.43. The molecule has 0 saturated heterocycles. The number of hydrogen-bond donors (Lipinski definition) is 1. The molecule has 2 aromatic rings. The van der Waals surface area contributed by atoms with Crippen molar-refractivity contribution in [3.05, 3.63) is 64.7 Å². The molecule has 1 N–H and O–H groups in total. The number of carbonyl (C=O) groups is 2. The number of carboxylic acids is 1. The lowest BCUT2D eigenvalue weighted by Crippen LogP contribution is -2.09. The van der Waals surface area contributed by atoms with Gasteiger partial charge in [-0.1, -0.05) is 18.2 Å². The Morgan fingerprint density at radius 3 is 2.24 bits per heavy atom. The molecular formula is C19H20O6. The molecule has 1 atom stereocenters. The summed E-state index contributed by atoms with van der Waals surface area (Å²) in [6.45, 7) is 1.89. The topological polar surface area (TPSA) is 82.1 Å². The van der Waals surface area contributed by atoms with Gasteiger partial charge in [0.25, 0.3) is 0 Å². The summed E-state index contributed by atoms with van der Waals surface area (Å²) in [6, 6.07) is 11.0. The van der Waals surface area contributed by atoms with E-state index in [0.717, 1.165) is 5.56 Å². The summed E-state index contributed by atoms with van der Waals surface area (Å²) >= 11 is 0. The van der Waals surface area contributed by atoms with Gasteiger partial charge in [-0.2, -0.15) is 0 Å². The van der Waals surface area contributed by atoms with E-state index in [9.17, 15) is 9.59 Å². The number of ether oxygens (including phenoxy) is 3. The minimum Gasteiger partial charge on any atom is -0.478 e. The number of methoxy groups -OCH3 is 2. The largest absolute Gasteiger partial charge is 0.478 e. The zero-order valence-corrected chi connectivity index (χ0v) is 14.3. The van der Waals surface area contributed by atoms with Gasteiger partial charge in [-0.25, -0.2) is 4.79 Å². The molecule has 6 nitrogen and oxygen atoms in total. The van der Waals surface area contributed by atoms with E-state index in [-0.39, 0.29) is 24.2 Å². The molecule has 0 saturated carbocycles. The average Bonchev–Trinajstić information content (AvgIpc) is 2.65. The van der Waals surface area contributed by atoms with Gasteiger partial charge in [0.2, 0.25) is 0 Å². The zero-order valence-electron chi connectivity index (χ0n) is 14.3. The molecule has 2 aromatic carbocycles. The fourth-order valence-corrected chi connectivity index (χ4v) is 2.28. The highest BCUT2D eigenvalue weighted by molar-refractivity contribution is 6.11. The van der Waals surface area contributed by atoms with E-state index in [1.165, 1.54) is 31.4 Å². The van der Waals surface area contributed by atoms with Gasteiger partial charge in [0.05, 0.1) is 17.2 Å². The first-order chi connectivity index (χ1) is 12.0. The van der Waals surface area contributed by atoms with Gasteiger partial charge in [0.1, 0.15) is 5.75 Å². The van der Waals surface area contributed by atoms with Gasteiger partial charge in [0, 0.05) is 19.8 Å². The second-order valence-electron chi connectivity index (χ2n) is 5.40. The van der Waals surface area contributed by atoms with Crippen molar-refractivity contribution in [2.75, 3.05) is 21.0 Å². The lowest BCUT2D eigenvalue weighted by molar-refractivity contribution is 0.0502. The minimum atomic E-state index is -1.04. The number of benzene rings is 2. The summed E-state index contributed by atoms with van der Waals surface area (Å²) < 4.78 is 15.7. The van der Waals surface area contributed by atoms with Crippen LogP contribution in [0.3, 0.4) is 0 Å². The number of carboxylic acid groups (broad SMARTS) is 1. The smallest absolute Gasteiger partial charge is 0.335 e. The van der Waals surface area contributed by atoms with E-state index in [1.54, 1.807) is 19.2 Å². The maximum absolute atomic E-state index is 12.9. The monoisotopic (exact) mass is 344 g/mol. The normalized spacial score (nSPS) is 11.8. The van der Waals surface area contributed by atoms with Crippen LogP contribution in [-0.2, 0) is 9.47 Å². The van der Waals surface area contributed by atoms with Gasteiger partial charge in [0.15, 0.2) is 12.6 Å². The Morgan fingerprint density at radius 2 is 1.68 bits per heavy atom. The Bertz CT molecular complexity index is 751. The van der Waals surface area contributed by atoms with Crippen LogP contribution in [0.1, 0.15) is 44.9 Å². The highest BCUT2D eigenvalue weighted by atomic mass is 16.7. The van der Waals surface area contributed by atoms with Crippen LogP contribution >= 0.6 is 0 Å². The number of ketones is 1. The molecule has 0 heterocycles. The van der Waals surface area contributed by atoms with E-state index in [2.05, 4.69) is 0 Å². The second kappa shape index (κ2) is 8.41. The quantitative estimate of drug-likeness (QED) is 0.584. The maximum atomic E-state index is 12.9. The SMILES string of the molecule is COCOc1ccc(C(C)OC)cc1C(=O)c1ccc(C(=O)O)cc1. The maximum Gasteiger partial charge on any atom is 0.335 e. The fourth-order valence-electron chi connectivity index (χ4n) is 2.28. The molecule has 0 fully saturated rings. The number of hydrogen-bond acceptors (Lipinski definition) is 5. The molecule has 0 bridgehead atoms. The van der Waals surface area contributed by atoms with E-state index in [4.69, 9.17) is 19.3 Å². The Hall–Kier alpha value is -2.70. The van der Waals surface area contributed by atoms with Crippen molar-refractivity contribution < 1.29 is 28.9 Å². The Labute approximate surface area is 146 Å². The van der Waals surface area contributed by atoms with Crippen molar-refractivity contribution in [3.8, 4) is 5.75 Å². The highest BCUT2D eigenvalue weighted by Gasteiger charge is 2.18. The van der Waals surface area contributed by atoms with Crippen LogP contribution in [0, 0.1) is 0 Å². The summed E-state index contributed by atoms with van der Waals surface area (Å²) in [7, 11) is 3.08. The van der Waals surface area contributed by atoms with Gasteiger partial charge in [-0.3, -0.25) is 4.79 Å². The molecule has 2 rings (SSSR count). The molecule has 132 valence electrons. The van der Waals surface area contributed by atoms with Crippen LogP contribution in [0.15, 0.2) is 42.5 Å². The molecule has 6 heteroatoms. The summed E-state index contributed by atoms with van der Waals surface area (Å²) in [5.74, 6) is -0.923. The Kier molecular flexibility index (Phi) is 6.27. The molecule has 25 heavy (non-hydrogen) atoms. The minimum absolute atomic E-state index is 0.0113. The first kappa shape index (κ1) is 18.6. The second-order valence-corrected chi connectivity index (χ2v) is 5.40. The molecule has 0 radical (unpaired) electrons. The van der Waals surface area contributed by atoms with E-state index in [0.29, 0.717) is 16.9 Å². The summed E-state index contributed by atoms with van der Waals surface area (Å²) in [5, 5.41) is 8.96. The predicted molar refractivity (Wildman–Crippen MR) is 91.2 cm³/mol. The van der Waals surface area contributed by atoms with Crippen molar-refractivity contribution in [1.29, 1.82) is 0 Å². The van der Waals surface area contributed by atoms with Crippen LogP contribution in [0.2, 0.25) is 0 Å². The van der Waals surface area contributed by atoms with Crippen LogP contribution in [0.25, 0.3) is 0 Å². The van der Waals surface area contributed by atoms with Crippen molar-refractivity contribution in [2.24, 2.45) is 0 Å². The molecule has 0 aliphatic rings. The molecule has 0 spiro atoms. The van der Waals surface area contributed by atoms with Crippen LogP contribution < -0.4 is 4.74 Å². The molecule has 0 aromatic heterocycles. The van der Waals surface area contributed by atoms with Gasteiger partial charge in [-0.05, 0) is 36.8 Å². The van der Waals surface area contributed by atoms with Gasteiger partial charge >= 0.3 is 5.97 Å². The summed E-state index contributed by atoms with van der Waals surface area (Å²) in [5.41, 5.74) is 1.68. The van der Waals surface area contributed by atoms with Gasteiger partial charge < -0.3 is 19.3 Å². The first-order valence-corrected chi connectivity index (χ1v) is 7.64. The van der Waals surface area contributed by atoms with E-state index < -0.39 is 5.97 Å². The van der Waals surface area contributed by atoms with Crippen LogP contribution in [-0.4, -0.2) is 37.9 Å². The zero-order chi connectivity index (χ0) is 18.4. The van der Waals surface area contributed by atoms with Gasteiger partial charge in [-0.15, -0.1) is 0 Å². The average molecular weight is 344 g/mol. The molecular weight excluding hydrogens is 324 g/mol. The fraction of sp³-hybridized carbons (Fsp3) is 0.263. The Morgan fingerprint density at radius 1 is 1.04 bits per heavy atom. The first-order valence-electron chi connectivity index (χ1n) is 7.64. The van der Waals surface area contributed by atoms with E-state index in [1.807, 2.05) is 13.0 Å². The molecule has 1 unspecified atom stereocenters. The number of carbonyl (C=O) groups excluding carboxylic acids is 1. The van der Waals surface area contributed by atoms with Crippen LogP contribution in [0.4, 0.5) is 0 Å².